The number of hydrogen-bond acceptors (Lipinski definition) is 6. The summed E-state index contributed by atoms with van der Waals surface area (Å²) in [6.07, 6.45) is 1.65. The lowest BCUT2D eigenvalue weighted by Gasteiger charge is -2.12. The summed E-state index contributed by atoms with van der Waals surface area (Å²) >= 11 is 0. The minimum absolute atomic E-state index is 0.287. The highest BCUT2D eigenvalue weighted by Crippen LogP contribution is 2.15. The second-order valence-electron chi connectivity index (χ2n) is 6.00. The highest BCUT2D eigenvalue weighted by Gasteiger charge is 2.16. The minimum Gasteiger partial charge on any atom is -0.497 e. The predicted octanol–water partition coefficient (Wildman–Crippen LogP) is 3.10. The number of oxazole rings is 1. The molecule has 144 valence electrons. The van der Waals surface area contributed by atoms with Gasteiger partial charge in [-0.1, -0.05) is 24.3 Å². The van der Waals surface area contributed by atoms with Crippen molar-refractivity contribution >= 4 is 29.1 Å². The maximum atomic E-state index is 12.1. The SMILES string of the molecule is COc1ccc(CNC(=O)[C@H](C)OC(=O)/C=C/c2nc3ccccc3o2)cc1. The van der Waals surface area contributed by atoms with Crippen molar-refractivity contribution in [2.75, 3.05) is 7.11 Å². The molecule has 0 fully saturated rings. The first-order valence-electron chi connectivity index (χ1n) is 8.70. The molecule has 7 heteroatoms. The van der Waals surface area contributed by atoms with Crippen LogP contribution in [-0.2, 0) is 20.9 Å². The number of rotatable bonds is 7. The largest absolute Gasteiger partial charge is 0.497 e. The summed E-state index contributed by atoms with van der Waals surface area (Å²) < 4.78 is 15.7. The van der Waals surface area contributed by atoms with Gasteiger partial charge < -0.3 is 19.2 Å². The normalized spacial score (nSPS) is 12.1. The Balaban J connectivity index is 1.49. The van der Waals surface area contributed by atoms with Crippen LogP contribution in [-0.4, -0.2) is 30.1 Å². The van der Waals surface area contributed by atoms with Crippen molar-refractivity contribution in [2.24, 2.45) is 0 Å². The van der Waals surface area contributed by atoms with Crippen molar-refractivity contribution in [3.63, 3.8) is 0 Å². The first kappa shape index (κ1) is 19.2. The Labute approximate surface area is 162 Å². The Morgan fingerprint density at radius 1 is 1.18 bits per heavy atom. The van der Waals surface area contributed by atoms with E-state index in [4.69, 9.17) is 13.9 Å². The second kappa shape index (κ2) is 8.85. The lowest BCUT2D eigenvalue weighted by atomic mass is 10.2. The number of carbonyl (C=O) groups is 2. The Hall–Kier alpha value is -3.61. The summed E-state index contributed by atoms with van der Waals surface area (Å²) in [7, 11) is 1.59. The fraction of sp³-hybridized carbons (Fsp3) is 0.190. The molecule has 0 unspecified atom stereocenters. The van der Waals surface area contributed by atoms with Gasteiger partial charge in [0.05, 0.1) is 7.11 Å². The Morgan fingerprint density at radius 2 is 1.93 bits per heavy atom. The molecule has 2 aromatic carbocycles. The van der Waals surface area contributed by atoms with Gasteiger partial charge >= 0.3 is 5.97 Å². The van der Waals surface area contributed by atoms with Gasteiger partial charge in [-0.15, -0.1) is 0 Å². The zero-order chi connectivity index (χ0) is 19.9. The van der Waals surface area contributed by atoms with Crippen LogP contribution in [0, 0.1) is 0 Å². The number of benzene rings is 2. The Bertz CT molecular complexity index is 958. The van der Waals surface area contributed by atoms with E-state index in [1.54, 1.807) is 13.2 Å². The average Bonchev–Trinajstić information content (AvgIpc) is 3.14. The third-order valence-corrected chi connectivity index (χ3v) is 3.96. The van der Waals surface area contributed by atoms with E-state index in [0.29, 0.717) is 17.6 Å². The minimum atomic E-state index is -0.931. The monoisotopic (exact) mass is 380 g/mol. The second-order valence-corrected chi connectivity index (χ2v) is 6.00. The maximum Gasteiger partial charge on any atom is 0.331 e. The summed E-state index contributed by atoms with van der Waals surface area (Å²) in [6.45, 7) is 1.83. The third-order valence-electron chi connectivity index (χ3n) is 3.96. The Kier molecular flexibility index (Phi) is 6.06. The smallest absolute Gasteiger partial charge is 0.331 e. The van der Waals surface area contributed by atoms with Crippen LogP contribution in [0.4, 0.5) is 0 Å². The molecular weight excluding hydrogens is 360 g/mol. The highest BCUT2D eigenvalue weighted by molar-refractivity contribution is 5.90. The molecule has 1 N–H and O–H groups in total. The zero-order valence-electron chi connectivity index (χ0n) is 15.5. The van der Waals surface area contributed by atoms with E-state index in [1.807, 2.05) is 42.5 Å². The van der Waals surface area contributed by atoms with Crippen LogP contribution in [0.2, 0.25) is 0 Å². The van der Waals surface area contributed by atoms with Gasteiger partial charge in [0.25, 0.3) is 5.91 Å². The van der Waals surface area contributed by atoms with E-state index >= 15 is 0 Å². The van der Waals surface area contributed by atoms with Crippen molar-refractivity contribution in [1.82, 2.24) is 10.3 Å². The summed E-state index contributed by atoms with van der Waals surface area (Å²) in [5.74, 6) is -0.0216. The number of amides is 1. The highest BCUT2D eigenvalue weighted by atomic mass is 16.5. The molecule has 0 aliphatic heterocycles. The van der Waals surface area contributed by atoms with E-state index in [9.17, 15) is 9.59 Å². The average molecular weight is 380 g/mol. The number of carbonyl (C=O) groups excluding carboxylic acids is 2. The lowest BCUT2D eigenvalue weighted by Crippen LogP contribution is -2.35. The molecule has 0 saturated heterocycles. The molecule has 0 saturated carbocycles. The van der Waals surface area contributed by atoms with Crippen molar-refractivity contribution in [2.45, 2.75) is 19.6 Å². The fourth-order valence-electron chi connectivity index (χ4n) is 2.44. The van der Waals surface area contributed by atoms with Crippen LogP contribution in [0.25, 0.3) is 17.2 Å². The van der Waals surface area contributed by atoms with Gasteiger partial charge in [0.2, 0.25) is 5.89 Å². The predicted molar refractivity (Wildman–Crippen MR) is 103 cm³/mol. The number of hydrogen-bond donors (Lipinski definition) is 1. The molecule has 1 amide bonds. The van der Waals surface area contributed by atoms with Crippen molar-refractivity contribution in [3.8, 4) is 5.75 Å². The molecule has 3 aromatic rings. The van der Waals surface area contributed by atoms with Crippen molar-refractivity contribution in [3.05, 3.63) is 66.1 Å². The van der Waals surface area contributed by atoms with Gasteiger partial charge in [-0.2, -0.15) is 0 Å². The van der Waals surface area contributed by atoms with Gasteiger partial charge in [-0.3, -0.25) is 4.79 Å². The molecule has 0 spiro atoms. The van der Waals surface area contributed by atoms with E-state index in [1.165, 1.54) is 19.1 Å². The summed E-state index contributed by atoms with van der Waals surface area (Å²) in [5, 5.41) is 2.72. The van der Waals surface area contributed by atoms with Crippen LogP contribution in [0.5, 0.6) is 5.75 Å². The Morgan fingerprint density at radius 3 is 2.64 bits per heavy atom. The lowest BCUT2D eigenvalue weighted by molar-refractivity contribution is -0.150. The number of ether oxygens (including phenoxy) is 2. The topological polar surface area (TPSA) is 90.7 Å². The molecule has 28 heavy (non-hydrogen) atoms. The van der Waals surface area contributed by atoms with Crippen LogP contribution >= 0.6 is 0 Å². The van der Waals surface area contributed by atoms with Gasteiger partial charge in [0.1, 0.15) is 11.3 Å². The van der Waals surface area contributed by atoms with Crippen LogP contribution in [0.3, 0.4) is 0 Å². The number of aromatic nitrogens is 1. The van der Waals surface area contributed by atoms with E-state index in [2.05, 4.69) is 10.3 Å². The molecule has 0 radical (unpaired) electrons. The molecule has 1 atom stereocenters. The van der Waals surface area contributed by atoms with Gasteiger partial charge in [-0.25, -0.2) is 9.78 Å². The molecule has 0 aliphatic rings. The van der Waals surface area contributed by atoms with Crippen molar-refractivity contribution < 1.29 is 23.5 Å². The molecule has 3 rings (SSSR count). The molecular formula is C21H20N2O5. The van der Waals surface area contributed by atoms with E-state index in [0.717, 1.165) is 11.3 Å². The van der Waals surface area contributed by atoms with Gasteiger partial charge in [-0.05, 0) is 36.8 Å². The molecule has 1 heterocycles. The quantitative estimate of drug-likeness (QED) is 0.500. The third kappa shape index (κ3) is 4.97. The van der Waals surface area contributed by atoms with Gasteiger partial charge in [0.15, 0.2) is 11.7 Å². The number of fused-ring (bicyclic) bond motifs is 1. The standard InChI is InChI=1S/C21H20N2O5/c1-14(21(25)22-13-15-7-9-16(26-2)10-8-15)27-20(24)12-11-19-23-17-5-3-4-6-18(17)28-19/h3-12,14H,13H2,1-2H3,(H,22,25)/b12-11+/t14-/m0/s1. The number of nitrogens with zero attached hydrogens (tertiary/aromatic N) is 1. The number of nitrogens with one attached hydrogen (secondary N) is 1. The number of para-hydroxylation sites is 2. The summed E-state index contributed by atoms with van der Waals surface area (Å²) in [4.78, 5) is 28.2. The van der Waals surface area contributed by atoms with Gasteiger partial charge in [0, 0.05) is 18.7 Å². The molecule has 1 aromatic heterocycles. The van der Waals surface area contributed by atoms with E-state index < -0.39 is 12.1 Å². The van der Waals surface area contributed by atoms with Crippen molar-refractivity contribution in [1.29, 1.82) is 0 Å². The first-order valence-corrected chi connectivity index (χ1v) is 8.70. The van der Waals surface area contributed by atoms with Crippen LogP contribution in [0.1, 0.15) is 18.4 Å². The molecule has 0 aliphatic carbocycles. The van der Waals surface area contributed by atoms with Crippen LogP contribution in [0.15, 0.2) is 59.0 Å². The summed E-state index contributed by atoms with van der Waals surface area (Å²) in [6, 6.07) is 14.6. The van der Waals surface area contributed by atoms with E-state index in [-0.39, 0.29) is 11.8 Å². The zero-order valence-corrected chi connectivity index (χ0v) is 15.5. The molecule has 0 bridgehead atoms. The number of esters is 1. The first-order chi connectivity index (χ1) is 13.5. The maximum absolute atomic E-state index is 12.1. The fourth-order valence-corrected chi connectivity index (χ4v) is 2.44. The number of methoxy groups -OCH3 is 1. The molecule has 7 nitrogen and oxygen atoms in total. The summed E-state index contributed by atoms with van der Waals surface area (Å²) in [5.41, 5.74) is 2.23. The van der Waals surface area contributed by atoms with Crippen LogP contribution < -0.4 is 10.1 Å².